The van der Waals surface area contributed by atoms with Gasteiger partial charge in [-0.05, 0) is 48.9 Å². The third kappa shape index (κ3) is 10.3. The molecule has 0 radical (unpaired) electrons. The lowest BCUT2D eigenvalue weighted by Gasteiger charge is -2.21. The lowest BCUT2D eigenvalue weighted by molar-refractivity contribution is -0.111. The molecule has 4 aromatic rings. The average Bonchev–Trinajstić information content (AvgIpc) is 3.73. The second-order valence-electron chi connectivity index (χ2n) is 11.3. The Bertz CT molecular complexity index is 1870. The van der Waals surface area contributed by atoms with E-state index in [0.717, 1.165) is 24.3 Å². The van der Waals surface area contributed by atoms with Crippen LogP contribution in [0.25, 0.3) is 6.08 Å². The van der Waals surface area contributed by atoms with E-state index in [2.05, 4.69) is 33.1 Å². The van der Waals surface area contributed by atoms with E-state index >= 15 is 0 Å². The van der Waals surface area contributed by atoms with Gasteiger partial charge < -0.3 is 45.6 Å². The minimum atomic E-state index is -0.445. The fourth-order valence-electron chi connectivity index (χ4n) is 5.09. The molecule has 50 heavy (non-hydrogen) atoms. The van der Waals surface area contributed by atoms with Gasteiger partial charge >= 0.3 is 0 Å². The zero-order chi connectivity index (χ0) is 35.7. The van der Waals surface area contributed by atoms with Gasteiger partial charge in [0, 0.05) is 83.4 Å². The van der Waals surface area contributed by atoms with Gasteiger partial charge in [-0.25, -0.2) is 0 Å². The number of amidine groups is 1. The number of aryl methyl sites for hydroxylation is 3. The highest BCUT2D eigenvalue weighted by Crippen LogP contribution is 2.20. The minimum absolute atomic E-state index is 0. The monoisotopic (exact) mass is 724 g/mol. The van der Waals surface area contributed by atoms with Gasteiger partial charge in [-0.3, -0.25) is 24.6 Å². The number of hydrogen-bond acceptors (Lipinski definition) is 6. The van der Waals surface area contributed by atoms with Crippen molar-refractivity contribution in [3.63, 3.8) is 0 Å². The van der Waals surface area contributed by atoms with Gasteiger partial charge in [0.05, 0.1) is 22.9 Å². The summed E-state index contributed by atoms with van der Waals surface area (Å²) in [5, 5.41) is 18.3. The molecule has 0 aliphatic heterocycles. The van der Waals surface area contributed by atoms with Crippen LogP contribution in [-0.2, 0) is 25.9 Å². The molecule has 0 fully saturated rings. The third-order valence-electron chi connectivity index (χ3n) is 7.60. The van der Waals surface area contributed by atoms with E-state index in [-0.39, 0.29) is 48.7 Å². The van der Waals surface area contributed by atoms with E-state index in [1.807, 2.05) is 24.3 Å². The zero-order valence-corrected chi connectivity index (χ0v) is 29.8. The van der Waals surface area contributed by atoms with E-state index in [0.29, 0.717) is 34.3 Å². The molecule has 0 aliphatic carbocycles. The van der Waals surface area contributed by atoms with Crippen LogP contribution in [0.1, 0.15) is 50.4 Å². The van der Waals surface area contributed by atoms with Crippen LogP contribution >= 0.6 is 24.0 Å². The third-order valence-corrected chi connectivity index (χ3v) is 7.77. The summed E-state index contributed by atoms with van der Waals surface area (Å²) in [4.78, 5) is 53.5. The lowest BCUT2D eigenvalue weighted by atomic mass is 10.2. The van der Waals surface area contributed by atoms with Gasteiger partial charge in [0.15, 0.2) is 0 Å². The van der Waals surface area contributed by atoms with Crippen molar-refractivity contribution in [2.45, 2.75) is 13.3 Å². The fraction of sp³-hybridized carbons (Fsp3) is 0.265. The van der Waals surface area contributed by atoms with Gasteiger partial charge in [0.25, 0.3) is 17.7 Å². The van der Waals surface area contributed by atoms with Crippen molar-refractivity contribution in [1.29, 1.82) is 5.41 Å². The summed E-state index contributed by atoms with van der Waals surface area (Å²) >= 11 is 5.89. The van der Waals surface area contributed by atoms with Gasteiger partial charge in [-0.15, -0.1) is 24.0 Å². The number of nitrogens with zero attached hydrogens (tertiary/aromatic N) is 4. The molecule has 4 amide bonds. The Morgan fingerprint density at radius 3 is 1.76 bits per heavy atom. The van der Waals surface area contributed by atoms with E-state index in [1.165, 1.54) is 18.2 Å². The van der Waals surface area contributed by atoms with E-state index in [9.17, 15) is 19.2 Å². The summed E-state index contributed by atoms with van der Waals surface area (Å²) < 4.78 is 4.73. The average molecular weight is 726 g/mol. The van der Waals surface area contributed by atoms with Crippen LogP contribution in [0.3, 0.4) is 0 Å². The van der Waals surface area contributed by atoms with Crippen molar-refractivity contribution in [1.82, 2.24) is 19.0 Å². The lowest BCUT2D eigenvalue weighted by Crippen LogP contribution is -2.28. The number of nitrogens with one attached hydrogen (secondary N) is 5. The summed E-state index contributed by atoms with van der Waals surface area (Å²) in [6, 6.07) is 12.5. The number of alkyl halides is 1. The quantitative estimate of drug-likeness (QED) is 0.0457. The first-order valence-electron chi connectivity index (χ1n) is 15.5. The number of anilines is 4. The Balaban J connectivity index is 0.00000676. The van der Waals surface area contributed by atoms with E-state index < -0.39 is 11.8 Å². The Labute approximate surface area is 301 Å². The molecule has 14 nitrogen and oxygen atoms in total. The molecule has 16 heteroatoms. The Morgan fingerprint density at radius 1 is 0.820 bits per heavy atom. The maximum atomic E-state index is 13.1. The van der Waals surface area contributed by atoms with Crippen molar-refractivity contribution < 1.29 is 19.2 Å². The second-order valence-corrected chi connectivity index (χ2v) is 11.7. The molecule has 0 aliphatic rings. The summed E-state index contributed by atoms with van der Waals surface area (Å²) in [5.74, 6) is -1.08. The largest absolute Gasteiger partial charge is 0.388 e. The van der Waals surface area contributed by atoms with Crippen LogP contribution in [0.2, 0.25) is 0 Å². The van der Waals surface area contributed by atoms with Crippen LogP contribution in [0, 0.1) is 5.41 Å². The number of carbonyl (C=O) groups excluding carboxylic acids is 4. The highest BCUT2D eigenvalue weighted by Gasteiger charge is 2.19. The molecule has 0 spiro atoms. The Kier molecular flexibility index (Phi) is 13.9. The first kappa shape index (κ1) is 39.0. The van der Waals surface area contributed by atoms with Crippen molar-refractivity contribution in [3.8, 4) is 0 Å². The number of rotatable bonds is 15. The fourth-order valence-corrected chi connectivity index (χ4v) is 5.30. The first-order chi connectivity index (χ1) is 23.4. The van der Waals surface area contributed by atoms with Crippen LogP contribution in [0.15, 0.2) is 67.1 Å². The Hall–Kier alpha value is -5.47. The molecule has 3 aromatic heterocycles. The van der Waals surface area contributed by atoms with Crippen LogP contribution in [0.4, 0.5) is 22.7 Å². The molecule has 0 saturated carbocycles. The van der Waals surface area contributed by atoms with Gasteiger partial charge in [-0.1, -0.05) is 12.1 Å². The van der Waals surface area contributed by atoms with E-state index in [1.54, 1.807) is 65.6 Å². The number of nitrogens with two attached hydrogens (primary N) is 1. The predicted octanol–water partition coefficient (Wildman–Crippen LogP) is 4.40. The van der Waals surface area contributed by atoms with Crippen molar-refractivity contribution in [2.24, 2.45) is 26.9 Å². The molecule has 4 rings (SSSR count). The molecule has 3 heterocycles. The normalized spacial score (nSPS) is 10.7. The van der Waals surface area contributed by atoms with Crippen LogP contribution in [-0.4, -0.2) is 68.7 Å². The molecule has 0 atom stereocenters. The Morgan fingerprint density at radius 2 is 1.30 bits per heavy atom. The maximum Gasteiger partial charge on any atom is 0.272 e. The van der Waals surface area contributed by atoms with Gasteiger partial charge in [0.1, 0.15) is 17.1 Å². The summed E-state index contributed by atoms with van der Waals surface area (Å²) in [6.45, 7) is 3.88. The highest BCUT2D eigenvalue weighted by atomic mass is 35.5. The molecular formula is C34H42Cl2N10O4. The van der Waals surface area contributed by atoms with Crippen LogP contribution in [0.5, 0.6) is 0 Å². The van der Waals surface area contributed by atoms with E-state index in [4.69, 9.17) is 22.7 Å². The standard InChI is InChI=1S/C34H41ClN10O4.ClH/c1-5-45(15-13-35)26-9-6-22(7-10-26)8-11-31(46)39-23-16-28(43(3)19-23)33(48)41-25-18-29(44(4)21-25)34(49)40-24-17-27(42(2)20-24)32(47)38-14-12-30(36)37;/h6-11,16-21H,5,12-15H2,1-4H3,(H3,36,37)(H,38,47)(H,39,46)(H,40,49)(H,41,48);1H/b11-8+;. The second kappa shape index (κ2) is 17.8. The topological polar surface area (TPSA) is 184 Å². The van der Waals surface area contributed by atoms with Crippen molar-refractivity contribution in [3.05, 3.63) is 89.8 Å². The predicted molar refractivity (Wildman–Crippen MR) is 201 cm³/mol. The van der Waals surface area contributed by atoms with Crippen molar-refractivity contribution in [2.75, 3.05) is 46.4 Å². The number of hydrogen-bond donors (Lipinski definition) is 6. The molecular weight excluding hydrogens is 683 g/mol. The molecule has 0 unspecified atom stereocenters. The number of aromatic nitrogens is 3. The zero-order valence-electron chi connectivity index (χ0n) is 28.2. The van der Waals surface area contributed by atoms with Crippen LogP contribution < -0.4 is 31.9 Å². The summed E-state index contributed by atoms with van der Waals surface area (Å²) in [6.07, 6.45) is 8.21. The molecule has 0 saturated heterocycles. The molecule has 266 valence electrons. The highest BCUT2D eigenvalue weighted by molar-refractivity contribution is 6.18. The summed E-state index contributed by atoms with van der Waals surface area (Å²) in [7, 11) is 5.03. The van der Waals surface area contributed by atoms with Gasteiger partial charge in [0.2, 0.25) is 5.91 Å². The number of benzene rings is 1. The minimum Gasteiger partial charge on any atom is -0.388 e. The SMILES string of the molecule is CCN(CCCl)c1ccc(/C=C/C(=O)Nc2cc(C(=O)Nc3cc(C(=O)Nc4cc(C(=O)NCCC(=N)N)n(C)c4)n(C)c3)n(C)c2)cc1.Cl. The number of halogens is 2. The maximum absolute atomic E-state index is 13.1. The van der Waals surface area contributed by atoms with Crippen molar-refractivity contribution >= 4 is 82.3 Å². The summed E-state index contributed by atoms with van der Waals surface area (Å²) in [5.41, 5.74) is 9.38. The number of carbonyl (C=O) groups is 4. The molecule has 7 N–H and O–H groups in total. The first-order valence-corrected chi connectivity index (χ1v) is 16.0. The molecule has 1 aromatic carbocycles. The smallest absolute Gasteiger partial charge is 0.272 e. The molecule has 0 bridgehead atoms. The van der Waals surface area contributed by atoms with Gasteiger partial charge in [-0.2, -0.15) is 0 Å². The number of amides is 4.